The van der Waals surface area contributed by atoms with Gasteiger partial charge in [0, 0.05) is 6.04 Å². The van der Waals surface area contributed by atoms with Crippen LogP contribution in [0.1, 0.15) is 12.5 Å². The lowest BCUT2D eigenvalue weighted by Gasteiger charge is -2.08. The van der Waals surface area contributed by atoms with Crippen LogP contribution in [0.5, 0.6) is 0 Å². The first-order valence-electron chi connectivity index (χ1n) is 4.82. The van der Waals surface area contributed by atoms with Crippen molar-refractivity contribution in [1.29, 1.82) is 0 Å². The molecule has 1 atom stereocenters. The molecular formula is C10H18NO4P. The van der Waals surface area contributed by atoms with E-state index < -0.39 is 7.82 Å². The van der Waals surface area contributed by atoms with Crippen LogP contribution in [0.2, 0.25) is 0 Å². The van der Waals surface area contributed by atoms with Crippen molar-refractivity contribution < 1.29 is 19.2 Å². The lowest BCUT2D eigenvalue weighted by molar-refractivity contribution is 0.275. The Balaban J connectivity index is 0.000000385. The Morgan fingerprint density at radius 3 is 2.06 bits per heavy atom. The Hall–Kier alpha value is -0.710. The molecule has 0 aromatic heterocycles. The van der Waals surface area contributed by atoms with Gasteiger partial charge in [-0.3, -0.25) is 0 Å². The zero-order chi connectivity index (χ0) is 12.6. The molecular weight excluding hydrogens is 229 g/mol. The second-order valence-electron chi connectivity index (χ2n) is 3.39. The first kappa shape index (κ1) is 15.3. The maximum Gasteiger partial charge on any atom is 0.466 e. The van der Waals surface area contributed by atoms with E-state index in [1.54, 1.807) is 0 Å². The molecule has 1 aromatic rings. The molecule has 0 heterocycles. The highest BCUT2D eigenvalue weighted by Crippen LogP contribution is 2.25. The van der Waals surface area contributed by atoms with Crippen LogP contribution in [0.25, 0.3) is 0 Å². The van der Waals surface area contributed by atoms with Crippen molar-refractivity contribution in [3.63, 3.8) is 0 Å². The summed E-state index contributed by atoms with van der Waals surface area (Å²) >= 11 is 0. The fraction of sp³-hybridized carbons (Fsp3) is 0.400. The Morgan fingerprint density at radius 2 is 1.69 bits per heavy atom. The van der Waals surface area contributed by atoms with Gasteiger partial charge in [0.15, 0.2) is 0 Å². The van der Waals surface area contributed by atoms with E-state index in [2.05, 4.69) is 36.5 Å². The smallest absolute Gasteiger partial charge is 0.317 e. The van der Waals surface area contributed by atoms with Crippen LogP contribution < -0.4 is 5.32 Å². The topological polar surface area (TPSA) is 89.8 Å². The standard InChI is InChI=1S/C10H15N.H3O4P/c1-9(11-2)8-10-6-4-3-5-7-10;1-5(2,3)4/h3-7,9,11H,8H2,1-2H3;(H3,1,2,3,4). The van der Waals surface area contributed by atoms with Crippen LogP contribution in [0, 0.1) is 0 Å². The average Bonchev–Trinajstić information content (AvgIpc) is 2.16. The molecule has 0 spiro atoms. The van der Waals surface area contributed by atoms with E-state index in [0.717, 1.165) is 6.42 Å². The zero-order valence-electron chi connectivity index (χ0n) is 9.37. The van der Waals surface area contributed by atoms with Crippen molar-refractivity contribution >= 4 is 7.82 Å². The second-order valence-corrected chi connectivity index (χ2v) is 4.42. The lowest BCUT2D eigenvalue weighted by atomic mass is 10.1. The van der Waals surface area contributed by atoms with E-state index >= 15 is 0 Å². The molecule has 0 aliphatic rings. The van der Waals surface area contributed by atoms with Gasteiger partial charge in [0.25, 0.3) is 0 Å². The predicted molar refractivity (Wildman–Crippen MR) is 62.9 cm³/mol. The summed E-state index contributed by atoms with van der Waals surface area (Å²) in [5, 5.41) is 3.21. The predicted octanol–water partition coefficient (Wildman–Crippen LogP) is 0.908. The summed E-state index contributed by atoms with van der Waals surface area (Å²) in [7, 11) is -2.65. The Kier molecular flexibility index (Phi) is 7.21. The first-order valence-corrected chi connectivity index (χ1v) is 6.39. The maximum absolute atomic E-state index is 8.88. The van der Waals surface area contributed by atoms with E-state index in [-0.39, 0.29) is 0 Å². The molecule has 0 radical (unpaired) electrons. The molecule has 0 aliphatic carbocycles. The highest BCUT2D eigenvalue weighted by atomic mass is 31.2. The summed E-state index contributed by atoms with van der Waals surface area (Å²) in [6, 6.07) is 11.1. The third-order valence-corrected chi connectivity index (χ3v) is 1.88. The number of hydrogen-bond donors (Lipinski definition) is 4. The SMILES string of the molecule is CNC(C)Cc1ccccc1.O=P(O)(O)O. The lowest BCUT2D eigenvalue weighted by Crippen LogP contribution is -2.23. The fourth-order valence-corrected chi connectivity index (χ4v) is 1.07. The van der Waals surface area contributed by atoms with Crippen molar-refractivity contribution in [1.82, 2.24) is 5.32 Å². The van der Waals surface area contributed by atoms with Gasteiger partial charge in [-0.25, -0.2) is 4.57 Å². The van der Waals surface area contributed by atoms with Gasteiger partial charge in [0.1, 0.15) is 0 Å². The molecule has 1 rings (SSSR count). The van der Waals surface area contributed by atoms with Crippen molar-refractivity contribution in [2.24, 2.45) is 0 Å². The number of hydrogen-bond acceptors (Lipinski definition) is 2. The number of phosphoric acid groups is 1. The van der Waals surface area contributed by atoms with Crippen molar-refractivity contribution in [2.75, 3.05) is 7.05 Å². The van der Waals surface area contributed by atoms with Crippen LogP contribution in [0.15, 0.2) is 30.3 Å². The van der Waals surface area contributed by atoms with Gasteiger partial charge in [-0.2, -0.15) is 0 Å². The molecule has 5 nitrogen and oxygen atoms in total. The van der Waals surface area contributed by atoms with Crippen molar-refractivity contribution in [3.05, 3.63) is 35.9 Å². The molecule has 6 heteroatoms. The van der Waals surface area contributed by atoms with Crippen LogP contribution in [0.4, 0.5) is 0 Å². The highest BCUT2D eigenvalue weighted by molar-refractivity contribution is 7.45. The summed E-state index contributed by atoms with van der Waals surface area (Å²) < 4.78 is 8.88. The van der Waals surface area contributed by atoms with Gasteiger partial charge in [-0.05, 0) is 26.0 Å². The molecule has 0 fully saturated rings. The number of benzene rings is 1. The minimum Gasteiger partial charge on any atom is -0.317 e. The highest BCUT2D eigenvalue weighted by Gasteiger charge is 2.00. The molecule has 0 bridgehead atoms. The van der Waals surface area contributed by atoms with E-state index in [4.69, 9.17) is 19.2 Å². The van der Waals surface area contributed by atoms with Crippen LogP contribution in [-0.4, -0.2) is 27.8 Å². The quantitative estimate of drug-likeness (QED) is 0.596. The number of nitrogens with one attached hydrogen (secondary N) is 1. The third-order valence-electron chi connectivity index (χ3n) is 1.88. The molecule has 4 N–H and O–H groups in total. The van der Waals surface area contributed by atoms with E-state index in [1.807, 2.05) is 13.1 Å². The van der Waals surface area contributed by atoms with Gasteiger partial charge >= 0.3 is 7.82 Å². The molecule has 1 aromatic carbocycles. The summed E-state index contributed by atoms with van der Waals surface area (Å²) in [4.78, 5) is 21.6. The fourth-order valence-electron chi connectivity index (χ4n) is 1.07. The summed E-state index contributed by atoms with van der Waals surface area (Å²) in [6.45, 7) is 2.19. The van der Waals surface area contributed by atoms with Crippen molar-refractivity contribution in [3.8, 4) is 0 Å². The van der Waals surface area contributed by atoms with Gasteiger partial charge < -0.3 is 20.0 Å². The minimum absolute atomic E-state index is 0.567. The Morgan fingerprint density at radius 1 is 1.25 bits per heavy atom. The maximum atomic E-state index is 8.88. The van der Waals surface area contributed by atoms with Crippen molar-refractivity contribution in [2.45, 2.75) is 19.4 Å². The molecule has 0 amide bonds. The molecule has 16 heavy (non-hydrogen) atoms. The normalized spacial score (nSPS) is 12.6. The summed E-state index contributed by atoms with van der Waals surface area (Å²) in [5.74, 6) is 0. The zero-order valence-corrected chi connectivity index (χ0v) is 10.3. The molecule has 92 valence electrons. The van der Waals surface area contributed by atoms with Gasteiger partial charge in [0.05, 0.1) is 0 Å². The van der Waals surface area contributed by atoms with Gasteiger partial charge in [-0.15, -0.1) is 0 Å². The average molecular weight is 247 g/mol. The third kappa shape index (κ3) is 11.4. The largest absolute Gasteiger partial charge is 0.466 e. The van der Waals surface area contributed by atoms with E-state index in [1.165, 1.54) is 5.56 Å². The Bertz CT molecular complexity index is 317. The molecule has 0 saturated carbocycles. The molecule has 0 aliphatic heterocycles. The Labute approximate surface area is 95.4 Å². The van der Waals surface area contributed by atoms with Crippen LogP contribution >= 0.6 is 7.82 Å². The minimum atomic E-state index is -4.64. The number of likely N-dealkylation sites (N-methyl/N-ethyl adjacent to an activating group) is 1. The molecule has 1 unspecified atom stereocenters. The van der Waals surface area contributed by atoms with Crippen LogP contribution in [-0.2, 0) is 11.0 Å². The summed E-state index contributed by atoms with van der Waals surface area (Å²) in [6.07, 6.45) is 1.11. The van der Waals surface area contributed by atoms with Crippen LogP contribution in [0.3, 0.4) is 0 Å². The molecule has 0 saturated heterocycles. The van der Waals surface area contributed by atoms with Gasteiger partial charge in [-0.1, -0.05) is 30.3 Å². The monoisotopic (exact) mass is 247 g/mol. The first-order chi connectivity index (χ1) is 7.33. The van der Waals surface area contributed by atoms with Gasteiger partial charge in [0.2, 0.25) is 0 Å². The second kappa shape index (κ2) is 7.54. The van der Waals surface area contributed by atoms with E-state index in [9.17, 15) is 0 Å². The number of rotatable bonds is 3. The summed E-state index contributed by atoms with van der Waals surface area (Å²) in [5.41, 5.74) is 1.40. The van der Waals surface area contributed by atoms with E-state index in [0.29, 0.717) is 6.04 Å².